The van der Waals surface area contributed by atoms with Crippen molar-refractivity contribution in [1.29, 1.82) is 0 Å². The van der Waals surface area contributed by atoms with Gasteiger partial charge in [0.25, 0.3) is 5.91 Å². The van der Waals surface area contributed by atoms with Gasteiger partial charge in [0.2, 0.25) is 0 Å². The summed E-state index contributed by atoms with van der Waals surface area (Å²) in [7, 11) is -3.08. The van der Waals surface area contributed by atoms with Crippen LogP contribution >= 0.6 is 23.4 Å². The van der Waals surface area contributed by atoms with Crippen LogP contribution in [0.4, 0.5) is 5.69 Å². The normalized spacial score (nSPS) is 24.5. The number of hydrogen-bond donors (Lipinski definition) is 0. The Bertz CT molecular complexity index is 1050. The number of nitrogens with zero attached hydrogens (tertiary/aromatic N) is 2. The molecule has 146 valence electrons. The Hall–Kier alpha value is -1.83. The number of carbonyl (C=O) groups excluding carboxylic acids is 1. The molecule has 5 nitrogen and oxygen atoms in total. The fraction of sp³-hybridized carbons (Fsp3) is 0.300. The number of anilines is 1. The molecular formula is C20H19ClN2O3S2. The summed E-state index contributed by atoms with van der Waals surface area (Å²) >= 11 is 7.53. The summed E-state index contributed by atoms with van der Waals surface area (Å²) in [5.41, 5.74) is 2.69. The fourth-order valence-electron chi connectivity index (χ4n) is 3.52. The smallest absolute Gasteiger partial charge is 0.252 e. The molecule has 2 aromatic carbocycles. The third-order valence-corrected chi connectivity index (χ3v) is 8.48. The third kappa shape index (κ3) is 3.97. The van der Waals surface area contributed by atoms with E-state index >= 15 is 0 Å². The molecule has 0 radical (unpaired) electrons. The van der Waals surface area contributed by atoms with Gasteiger partial charge in [0.15, 0.2) is 15.0 Å². The second kappa shape index (κ2) is 7.54. The van der Waals surface area contributed by atoms with Crippen LogP contribution in [0.3, 0.4) is 0 Å². The zero-order valence-corrected chi connectivity index (χ0v) is 17.6. The summed E-state index contributed by atoms with van der Waals surface area (Å²) in [6.07, 6.45) is 0.110. The SMILES string of the molecule is Cc1ccc(N2C(=NC(=O)Cc3ccccc3Cl)S[C@@H]3CS(=O)(=O)C[C@H]32)cc1. The number of aryl methyl sites for hydroxylation is 1. The lowest BCUT2D eigenvalue weighted by molar-refractivity contribution is -0.117. The van der Waals surface area contributed by atoms with Crippen LogP contribution in [0.5, 0.6) is 0 Å². The van der Waals surface area contributed by atoms with E-state index in [-0.39, 0.29) is 35.1 Å². The van der Waals surface area contributed by atoms with E-state index in [1.54, 1.807) is 12.1 Å². The largest absolute Gasteiger partial charge is 0.316 e. The third-order valence-electron chi connectivity index (χ3n) is 4.90. The molecule has 8 heteroatoms. The lowest BCUT2D eigenvalue weighted by Gasteiger charge is -2.24. The van der Waals surface area contributed by atoms with Crippen LogP contribution in [0.25, 0.3) is 0 Å². The first kappa shape index (κ1) is 19.5. The van der Waals surface area contributed by atoms with Crippen LogP contribution in [-0.2, 0) is 21.1 Å². The van der Waals surface area contributed by atoms with Crippen LogP contribution in [0.1, 0.15) is 11.1 Å². The molecule has 28 heavy (non-hydrogen) atoms. The molecule has 0 spiro atoms. The summed E-state index contributed by atoms with van der Waals surface area (Å²) in [5, 5.41) is 0.984. The minimum Gasteiger partial charge on any atom is -0.316 e. The van der Waals surface area contributed by atoms with Crippen molar-refractivity contribution in [3.63, 3.8) is 0 Å². The highest BCUT2D eigenvalue weighted by Crippen LogP contribution is 2.41. The lowest BCUT2D eigenvalue weighted by atomic mass is 10.1. The maximum atomic E-state index is 12.6. The summed E-state index contributed by atoms with van der Waals surface area (Å²) in [6, 6.07) is 14.8. The van der Waals surface area contributed by atoms with E-state index < -0.39 is 9.84 Å². The average Bonchev–Trinajstić information content (AvgIpc) is 3.09. The molecule has 1 amide bonds. The molecule has 0 bridgehead atoms. The molecule has 0 unspecified atom stereocenters. The Morgan fingerprint density at radius 2 is 1.89 bits per heavy atom. The topological polar surface area (TPSA) is 66.8 Å². The number of amidine groups is 1. The van der Waals surface area contributed by atoms with Crippen molar-refractivity contribution in [3.8, 4) is 0 Å². The Morgan fingerprint density at radius 1 is 1.18 bits per heavy atom. The monoisotopic (exact) mass is 434 g/mol. The van der Waals surface area contributed by atoms with Crippen molar-refractivity contribution in [2.24, 2.45) is 4.99 Å². The van der Waals surface area contributed by atoms with Gasteiger partial charge in [0.1, 0.15) is 0 Å². The van der Waals surface area contributed by atoms with Crippen LogP contribution < -0.4 is 4.90 Å². The van der Waals surface area contributed by atoms with Crippen LogP contribution in [0.2, 0.25) is 5.02 Å². The summed E-state index contributed by atoms with van der Waals surface area (Å²) in [4.78, 5) is 18.8. The molecule has 0 saturated carbocycles. The summed E-state index contributed by atoms with van der Waals surface area (Å²) in [5.74, 6) is -0.103. The summed E-state index contributed by atoms with van der Waals surface area (Å²) < 4.78 is 24.2. The minimum atomic E-state index is -3.08. The molecule has 4 rings (SSSR count). The Balaban J connectivity index is 1.65. The van der Waals surface area contributed by atoms with E-state index in [4.69, 9.17) is 11.6 Å². The highest BCUT2D eigenvalue weighted by atomic mass is 35.5. The Morgan fingerprint density at radius 3 is 2.61 bits per heavy atom. The number of fused-ring (bicyclic) bond motifs is 1. The average molecular weight is 435 g/mol. The predicted molar refractivity (Wildman–Crippen MR) is 115 cm³/mol. The van der Waals surface area contributed by atoms with Gasteiger partial charge in [-0.05, 0) is 30.7 Å². The molecule has 0 aliphatic carbocycles. The highest BCUT2D eigenvalue weighted by molar-refractivity contribution is 8.16. The number of hydrogen-bond acceptors (Lipinski definition) is 4. The first-order valence-corrected chi connectivity index (χ1v) is 12.0. The van der Waals surface area contributed by atoms with Crippen molar-refractivity contribution < 1.29 is 13.2 Å². The van der Waals surface area contributed by atoms with Gasteiger partial charge in [-0.25, -0.2) is 8.42 Å². The van der Waals surface area contributed by atoms with Crippen LogP contribution in [-0.4, -0.2) is 42.3 Å². The molecule has 2 aliphatic rings. The number of aliphatic imine (C=N–C) groups is 1. The number of sulfone groups is 1. The number of carbonyl (C=O) groups is 1. The maximum Gasteiger partial charge on any atom is 0.252 e. The van der Waals surface area contributed by atoms with Crippen LogP contribution in [0, 0.1) is 6.92 Å². The molecule has 0 aromatic heterocycles. The molecular weight excluding hydrogens is 416 g/mol. The van der Waals surface area contributed by atoms with Gasteiger partial charge in [-0.15, -0.1) is 0 Å². The van der Waals surface area contributed by atoms with E-state index in [0.717, 1.165) is 16.8 Å². The van der Waals surface area contributed by atoms with Gasteiger partial charge in [-0.2, -0.15) is 4.99 Å². The lowest BCUT2D eigenvalue weighted by Crippen LogP contribution is -2.37. The summed E-state index contributed by atoms with van der Waals surface area (Å²) in [6.45, 7) is 1.99. The minimum absolute atomic E-state index is 0.0796. The number of amides is 1. The predicted octanol–water partition coefficient (Wildman–Crippen LogP) is 3.49. The number of benzene rings is 2. The molecule has 2 fully saturated rings. The second-order valence-electron chi connectivity index (χ2n) is 7.06. The second-order valence-corrected chi connectivity index (χ2v) is 10.8. The number of halogens is 1. The van der Waals surface area contributed by atoms with Gasteiger partial charge in [-0.3, -0.25) is 4.79 Å². The molecule has 0 N–H and O–H groups in total. The Labute approximate surface area is 173 Å². The van der Waals surface area contributed by atoms with Crippen molar-refractivity contribution in [1.82, 2.24) is 0 Å². The van der Waals surface area contributed by atoms with Gasteiger partial charge in [-0.1, -0.05) is 59.3 Å². The Kier molecular flexibility index (Phi) is 5.24. The first-order valence-electron chi connectivity index (χ1n) is 8.90. The highest BCUT2D eigenvalue weighted by Gasteiger charge is 2.49. The van der Waals surface area contributed by atoms with E-state index in [2.05, 4.69) is 4.99 Å². The molecule has 2 atom stereocenters. The molecule has 2 heterocycles. The van der Waals surface area contributed by atoms with Gasteiger partial charge >= 0.3 is 0 Å². The number of thioether (sulfide) groups is 1. The van der Waals surface area contributed by atoms with Crippen molar-refractivity contribution in [2.45, 2.75) is 24.6 Å². The fourth-order valence-corrected chi connectivity index (χ4v) is 7.66. The van der Waals surface area contributed by atoms with E-state index in [1.807, 2.05) is 48.2 Å². The molecule has 2 aliphatic heterocycles. The standard InChI is InChI=1S/C20H19ClN2O3S2/c1-13-6-8-15(9-7-13)23-17-11-28(25,26)12-18(17)27-20(23)22-19(24)10-14-4-2-3-5-16(14)21/h2-9,17-18H,10-12H2,1H3/t17-,18-/m1/s1. The van der Waals surface area contributed by atoms with Gasteiger partial charge < -0.3 is 4.90 Å². The number of rotatable bonds is 3. The maximum absolute atomic E-state index is 12.6. The van der Waals surface area contributed by atoms with E-state index in [1.165, 1.54) is 11.8 Å². The van der Waals surface area contributed by atoms with Crippen molar-refractivity contribution in [2.75, 3.05) is 16.4 Å². The van der Waals surface area contributed by atoms with Crippen molar-refractivity contribution in [3.05, 3.63) is 64.7 Å². The molecule has 2 saturated heterocycles. The van der Waals surface area contributed by atoms with E-state index in [9.17, 15) is 13.2 Å². The van der Waals surface area contributed by atoms with Crippen LogP contribution in [0.15, 0.2) is 53.5 Å². The zero-order chi connectivity index (χ0) is 19.9. The zero-order valence-electron chi connectivity index (χ0n) is 15.2. The quantitative estimate of drug-likeness (QED) is 0.739. The van der Waals surface area contributed by atoms with Gasteiger partial charge in [0, 0.05) is 16.0 Å². The first-order chi connectivity index (χ1) is 13.3. The van der Waals surface area contributed by atoms with Crippen molar-refractivity contribution >= 4 is 50.0 Å². The van der Waals surface area contributed by atoms with E-state index in [0.29, 0.717) is 10.2 Å². The molecule has 2 aromatic rings. The van der Waals surface area contributed by atoms with Gasteiger partial charge in [0.05, 0.1) is 24.0 Å².